The predicted molar refractivity (Wildman–Crippen MR) is 72.4 cm³/mol. The predicted octanol–water partition coefficient (Wildman–Crippen LogP) is 1.35. The molecule has 1 heterocycles. The van der Waals surface area contributed by atoms with E-state index in [0.29, 0.717) is 12.8 Å². The highest BCUT2D eigenvalue weighted by molar-refractivity contribution is 7.89. The average Bonchev–Trinajstić information content (AvgIpc) is 2.37. The molecule has 1 N–H and O–H groups in total. The molecule has 1 atom stereocenters. The van der Waals surface area contributed by atoms with Crippen LogP contribution in [0.5, 0.6) is 0 Å². The van der Waals surface area contributed by atoms with E-state index in [1.54, 1.807) is 18.3 Å². The highest BCUT2D eigenvalue weighted by Crippen LogP contribution is 2.01. The lowest BCUT2D eigenvalue weighted by Gasteiger charge is -2.12. The van der Waals surface area contributed by atoms with Gasteiger partial charge in [0.1, 0.15) is 0 Å². The summed E-state index contributed by atoms with van der Waals surface area (Å²) >= 11 is 0. The number of hydrogen-bond acceptors (Lipinski definition) is 3. The number of nitrogens with one attached hydrogen (secondary N) is 1. The van der Waals surface area contributed by atoms with Crippen molar-refractivity contribution in [3.63, 3.8) is 0 Å². The summed E-state index contributed by atoms with van der Waals surface area (Å²) in [6.07, 6.45) is 8.82. The van der Waals surface area contributed by atoms with E-state index in [2.05, 4.69) is 15.6 Å². The minimum atomic E-state index is -3.35. The first kappa shape index (κ1) is 14.7. The summed E-state index contributed by atoms with van der Waals surface area (Å²) < 4.78 is 26.1. The summed E-state index contributed by atoms with van der Waals surface area (Å²) in [6.45, 7) is 1.96. The van der Waals surface area contributed by atoms with E-state index in [1.807, 2.05) is 13.0 Å². The fraction of sp³-hybridized carbons (Fsp3) is 0.462. The summed E-state index contributed by atoms with van der Waals surface area (Å²) in [7, 11) is -3.35. The lowest BCUT2D eigenvalue weighted by molar-refractivity contribution is 0.563. The van der Waals surface area contributed by atoms with E-state index in [4.69, 9.17) is 6.42 Å². The Hall–Kier alpha value is -1.38. The normalized spacial score (nSPS) is 12.9. The summed E-state index contributed by atoms with van der Waals surface area (Å²) in [6, 6.07) is 5.03. The Morgan fingerprint density at radius 3 is 2.83 bits per heavy atom. The van der Waals surface area contributed by atoms with Crippen LogP contribution in [0.2, 0.25) is 0 Å². The number of rotatable bonds is 7. The van der Waals surface area contributed by atoms with Gasteiger partial charge in [0.2, 0.25) is 10.0 Å². The molecule has 1 rings (SSSR count). The van der Waals surface area contributed by atoms with Gasteiger partial charge in [-0.05, 0) is 18.6 Å². The van der Waals surface area contributed by atoms with E-state index in [1.165, 1.54) is 0 Å². The zero-order chi connectivity index (χ0) is 13.4. The topological polar surface area (TPSA) is 59.1 Å². The van der Waals surface area contributed by atoms with Gasteiger partial charge in [0.15, 0.2) is 0 Å². The third-order valence-corrected chi connectivity index (χ3v) is 3.84. The standard InChI is InChI=1S/C13H18N2O2S/c1-3-7-12(4-2)15-18(16,17)11-9-13-8-5-6-10-14-13/h2,5-6,8,10,12,15H,3,7,9,11H2,1H3. The molecular weight excluding hydrogens is 248 g/mol. The van der Waals surface area contributed by atoms with Gasteiger partial charge in [0.25, 0.3) is 0 Å². The molecule has 0 radical (unpaired) electrons. The maximum Gasteiger partial charge on any atom is 0.213 e. The molecule has 1 aromatic heterocycles. The van der Waals surface area contributed by atoms with E-state index in [0.717, 1.165) is 12.1 Å². The maximum absolute atomic E-state index is 11.8. The van der Waals surface area contributed by atoms with Gasteiger partial charge >= 0.3 is 0 Å². The smallest absolute Gasteiger partial charge is 0.213 e. The molecule has 0 spiro atoms. The number of aromatic nitrogens is 1. The van der Waals surface area contributed by atoms with Crippen LogP contribution in [0.25, 0.3) is 0 Å². The summed E-state index contributed by atoms with van der Waals surface area (Å²) in [5.74, 6) is 2.46. The molecule has 0 bridgehead atoms. The number of nitrogens with zero attached hydrogens (tertiary/aromatic N) is 1. The third-order valence-electron chi connectivity index (χ3n) is 2.45. The van der Waals surface area contributed by atoms with Gasteiger partial charge in [0, 0.05) is 18.3 Å². The molecule has 0 aliphatic heterocycles. The first-order chi connectivity index (χ1) is 8.57. The quantitative estimate of drug-likeness (QED) is 0.758. The fourth-order valence-corrected chi connectivity index (χ4v) is 2.74. The van der Waals surface area contributed by atoms with E-state index < -0.39 is 16.1 Å². The van der Waals surface area contributed by atoms with Crippen LogP contribution in [0.15, 0.2) is 24.4 Å². The fourth-order valence-electron chi connectivity index (χ4n) is 1.53. The molecule has 1 unspecified atom stereocenters. The van der Waals surface area contributed by atoms with Crippen molar-refractivity contribution in [2.45, 2.75) is 32.2 Å². The first-order valence-electron chi connectivity index (χ1n) is 5.93. The Kier molecular flexibility index (Phi) is 5.83. The van der Waals surface area contributed by atoms with Crippen molar-refractivity contribution >= 4 is 10.0 Å². The largest absolute Gasteiger partial charge is 0.261 e. The lowest BCUT2D eigenvalue weighted by atomic mass is 10.2. The summed E-state index contributed by atoms with van der Waals surface area (Å²) in [4.78, 5) is 4.08. The van der Waals surface area contributed by atoms with Crippen LogP contribution in [0.3, 0.4) is 0 Å². The number of aryl methyl sites for hydroxylation is 1. The van der Waals surface area contributed by atoms with E-state index in [9.17, 15) is 8.42 Å². The van der Waals surface area contributed by atoms with Gasteiger partial charge < -0.3 is 0 Å². The van der Waals surface area contributed by atoms with Crippen LogP contribution >= 0.6 is 0 Å². The monoisotopic (exact) mass is 266 g/mol. The van der Waals surface area contributed by atoms with E-state index >= 15 is 0 Å². The molecule has 5 heteroatoms. The molecule has 4 nitrogen and oxygen atoms in total. The lowest BCUT2D eigenvalue weighted by Crippen LogP contribution is -2.35. The Morgan fingerprint density at radius 2 is 2.28 bits per heavy atom. The maximum atomic E-state index is 11.8. The van der Waals surface area contributed by atoms with Crippen LogP contribution in [-0.2, 0) is 16.4 Å². The van der Waals surface area contributed by atoms with Gasteiger partial charge in [0.05, 0.1) is 11.8 Å². The van der Waals surface area contributed by atoms with Crippen molar-refractivity contribution in [3.05, 3.63) is 30.1 Å². The summed E-state index contributed by atoms with van der Waals surface area (Å²) in [5.41, 5.74) is 0.760. The van der Waals surface area contributed by atoms with Crippen molar-refractivity contribution < 1.29 is 8.42 Å². The highest BCUT2D eigenvalue weighted by atomic mass is 32.2. The minimum absolute atomic E-state index is 0.00586. The molecule has 98 valence electrons. The SMILES string of the molecule is C#CC(CCC)NS(=O)(=O)CCc1ccccn1. The van der Waals surface area contributed by atoms with Gasteiger partial charge in [-0.25, -0.2) is 13.1 Å². The Balaban J connectivity index is 2.52. The molecule has 0 aliphatic rings. The second-order valence-corrected chi connectivity index (χ2v) is 5.89. The average molecular weight is 266 g/mol. The number of sulfonamides is 1. The van der Waals surface area contributed by atoms with Crippen LogP contribution in [0.4, 0.5) is 0 Å². The number of terminal acetylenes is 1. The van der Waals surface area contributed by atoms with Crippen LogP contribution < -0.4 is 4.72 Å². The minimum Gasteiger partial charge on any atom is -0.261 e. The van der Waals surface area contributed by atoms with Gasteiger partial charge in [-0.2, -0.15) is 0 Å². The van der Waals surface area contributed by atoms with Gasteiger partial charge in [-0.3, -0.25) is 4.98 Å². The zero-order valence-electron chi connectivity index (χ0n) is 10.5. The molecule has 18 heavy (non-hydrogen) atoms. The van der Waals surface area contributed by atoms with Crippen molar-refractivity contribution in [2.24, 2.45) is 0 Å². The molecule has 0 amide bonds. The van der Waals surface area contributed by atoms with Crippen LogP contribution in [0, 0.1) is 12.3 Å². The molecule has 0 saturated carbocycles. The molecule has 0 aliphatic carbocycles. The van der Waals surface area contributed by atoms with E-state index in [-0.39, 0.29) is 5.75 Å². The van der Waals surface area contributed by atoms with Crippen molar-refractivity contribution in [2.75, 3.05) is 5.75 Å². The van der Waals surface area contributed by atoms with Gasteiger partial charge in [-0.1, -0.05) is 25.3 Å². The van der Waals surface area contributed by atoms with Crippen LogP contribution in [0.1, 0.15) is 25.5 Å². The first-order valence-corrected chi connectivity index (χ1v) is 7.58. The molecule has 0 aromatic carbocycles. The second-order valence-electron chi connectivity index (χ2n) is 4.02. The Bertz CT molecular complexity index is 491. The zero-order valence-corrected chi connectivity index (χ0v) is 11.3. The van der Waals surface area contributed by atoms with Crippen molar-refractivity contribution in [1.29, 1.82) is 0 Å². The Labute approximate surface area is 109 Å². The molecular formula is C13H18N2O2S. The van der Waals surface area contributed by atoms with Crippen LogP contribution in [-0.4, -0.2) is 25.2 Å². The molecule has 0 saturated heterocycles. The number of hydrogen-bond donors (Lipinski definition) is 1. The Morgan fingerprint density at radius 1 is 1.50 bits per heavy atom. The highest BCUT2D eigenvalue weighted by Gasteiger charge is 2.15. The summed E-state index contributed by atoms with van der Waals surface area (Å²) in [5, 5.41) is 0. The second kappa shape index (κ2) is 7.14. The third kappa shape index (κ3) is 5.30. The molecule has 0 fully saturated rings. The van der Waals surface area contributed by atoms with Gasteiger partial charge in [-0.15, -0.1) is 6.42 Å². The van der Waals surface area contributed by atoms with Crippen molar-refractivity contribution in [1.82, 2.24) is 9.71 Å². The number of pyridine rings is 1. The molecule has 1 aromatic rings. The van der Waals surface area contributed by atoms with Crippen molar-refractivity contribution in [3.8, 4) is 12.3 Å².